The molecule has 1 nitrogen and oxygen atoms in total. The van der Waals surface area contributed by atoms with Gasteiger partial charge in [0.1, 0.15) is 0 Å². The topological polar surface area (TPSA) is 26.0 Å². The Morgan fingerprint density at radius 2 is 1.91 bits per heavy atom. The van der Waals surface area contributed by atoms with E-state index in [0.717, 1.165) is 0 Å². The first-order valence-electron chi connectivity index (χ1n) is 4.71. The van der Waals surface area contributed by atoms with Crippen molar-refractivity contribution in [2.45, 2.75) is 49.7 Å². The summed E-state index contributed by atoms with van der Waals surface area (Å²) < 4.78 is 0. The Labute approximate surface area is 81.3 Å². The van der Waals surface area contributed by atoms with Crippen molar-refractivity contribution < 1.29 is 0 Å². The van der Waals surface area contributed by atoms with E-state index in [9.17, 15) is 0 Å². The fraction of sp³-hybridized carbons (Fsp3) is 1.00. The second-order valence-corrected chi connectivity index (χ2v) is 10.2. The quantitative estimate of drug-likeness (QED) is 0.620. The van der Waals surface area contributed by atoms with E-state index in [4.69, 9.17) is 5.73 Å². The van der Waals surface area contributed by atoms with E-state index >= 15 is 0 Å². The fourth-order valence-electron chi connectivity index (χ4n) is 1.35. The van der Waals surface area contributed by atoms with Crippen molar-refractivity contribution in [3.8, 4) is 0 Å². The van der Waals surface area contributed by atoms with Crippen LogP contribution < -0.4 is 5.73 Å². The third-order valence-corrected chi connectivity index (χ3v) is 3.55. The van der Waals surface area contributed by atoms with Gasteiger partial charge < -0.3 is 0 Å². The van der Waals surface area contributed by atoms with Gasteiger partial charge in [0.15, 0.2) is 0 Å². The molecule has 0 rings (SSSR count). The van der Waals surface area contributed by atoms with E-state index in [2.05, 4.69) is 37.4 Å². The van der Waals surface area contributed by atoms with E-state index in [0.29, 0.717) is 6.04 Å². The summed E-state index contributed by atoms with van der Waals surface area (Å²) in [6.45, 7) is 7.16. The summed E-state index contributed by atoms with van der Waals surface area (Å²) >= 11 is 2.22. The zero-order valence-electron chi connectivity index (χ0n) is 8.48. The molecule has 0 aliphatic heterocycles. The SMILES string of the molecule is [Li][CH2]CCC(N)C[Si](C)(C)C. The zero-order chi connectivity index (χ0) is 8.91. The second kappa shape index (κ2) is 5.43. The zero-order valence-corrected chi connectivity index (χ0v) is 9.48. The van der Waals surface area contributed by atoms with Gasteiger partial charge in [-0.15, -0.1) is 0 Å². The molecule has 0 heterocycles. The Bertz CT molecular complexity index is 101. The number of hydrogen-bond donors (Lipinski definition) is 1. The van der Waals surface area contributed by atoms with Crippen molar-refractivity contribution in [1.29, 1.82) is 0 Å². The maximum atomic E-state index is 5.98. The van der Waals surface area contributed by atoms with Crippen LogP contribution in [0.5, 0.6) is 0 Å². The van der Waals surface area contributed by atoms with Crippen molar-refractivity contribution in [3.63, 3.8) is 0 Å². The van der Waals surface area contributed by atoms with Gasteiger partial charge in [-0.3, -0.25) is 0 Å². The predicted octanol–water partition coefficient (Wildman–Crippen LogP) is 2.02. The molecule has 0 saturated heterocycles. The minimum absolute atomic E-state index is 0.474. The standard InChI is InChI=1S/C8H20NSi.Li/c1-5-6-8(9)7-10(2,3)4;/h8H,1,5-7,9H2,2-4H3;. The van der Waals surface area contributed by atoms with Crippen LogP contribution in [0.1, 0.15) is 12.8 Å². The van der Waals surface area contributed by atoms with Gasteiger partial charge in [0.05, 0.1) is 0 Å². The molecule has 0 amide bonds. The summed E-state index contributed by atoms with van der Waals surface area (Å²) in [5.41, 5.74) is 5.98. The second-order valence-electron chi connectivity index (χ2n) is 4.67. The van der Waals surface area contributed by atoms with Crippen LogP contribution in [-0.2, 0) is 0 Å². The van der Waals surface area contributed by atoms with Gasteiger partial charge >= 0.3 is 81.2 Å². The van der Waals surface area contributed by atoms with Crippen LogP contribution in [-0.4, -0.2) is 31.8 Å². The van der Waals surface area contributed by atoms with Crippen LogP contribution in [0.2, 0.25) is 30.8 Å². The number of rotatable bonds is 5. The molecule has 1 atom stereocenters. The fourth-order valence-corrected chi connectivity index (χ4v) is 3.13. The normalized spacial score (nSPS) is 15.1. The van der Waals surface area contributed by atoms with Crippen molar-refractivity contribution in [1.82, 2.24) is 0 Å². The molecule has 0 saturated carbocycles. The number of hydrogen-bond acceptors (Lipinski definition) is 1. The van der Waals surface area contributed by atoms with Crippen molar-refractivity contribution >= 4 is 25.8 Å². The first-order chi connectivity index (χ1) is 4.95. The Kier molecular flexibility index (Phi) is 5.81. The summed E-state index contributed by atoms with van der Waals surface area (Å²) in [6.07, 6.45) is 2.52. The average molecular weight is 165 g/mol. The van der Waals surface area contributed by atoms with Crippen LogP contribution in [0.3, 0.4) is 0 Å². The van der Waals surface area contributed by atoms with Gasteiger partial charge in [-0.05, 0) is 0 Å². The van der Waals surface area contributed by atoms with Crippen molar-refractivity contribution in [3.05, 3.63) is 0 Å². The Morgan fingerprint density at radius 1 is 1.36 bits per heavy atom. The third-order valence-electron chi connectivity index (χ3n) is 1.80. The third kappa shape index (κ3) is 8.68. The molecule has 0 spiro atoms. The monoisotopic (exact) mass is 165 g/mol. The summed E-state index contributed by atoms with van der Waals surface area (Å²) in [5.74, 6) is 0. The molecule has 3 heteroatoms. The van der Waals surface area contributed by atoms with E-state index in [1.807, 2.05) is 0 Å². The molecular formula is C8H20LiNSi. The Balaban J connectivity index is 3.44. The molecule has 62 valence electrons. The summed E-state index contributed by atoms with van der Waals surface area (Å²) in [5, 5.41) is 1.28. The van der Waals surface area contributed by atoms with Crippen molar-refractivity contribution in [2.75, 3.05) is 0 Å². The van der Waals surface area contributed by atoms with Crippen LogP contribution in [0.4, 0.5) is 0 Å². The maximum absolute atomic E-state index is 5.98. The van der Waals surface area contributed by atoms with Crippen molar-refractivity contribution in [2.24, 2.45) is 5.73 Å². The predicted molar refractivity (Wildman–Crippen MR) is 55.9 cm³/mol. The summed E-state index contributed by atoms with van der Waals surface area (Å²) in [6, 6.07) is 1.76. The Morgan fingerprint density at radius 3 is 2.27 bits per heavy atom. The van der Waals surface area contributed by atoms with Crippen LogP contribution in [0, 0.1) is 0 Å². The van der Waals surface area contributed by atoms with E-state index < -0.39 is 8.07 Å². The molecular weight excluding hydrogens is 145 g/mol. The number of nitrogens with two attached hydrogens (primary N) is 1. The van der Waals surface area contributed by atoms with Gasteiger partial charge in [-0.2, -0.15) is 0 Å². The molecule has 0 bridgehead atoms. The van der Waals surface area contributed by atoms with Crippen LogP contribution in [0.15, 0.2) is 0 Å². The molecule has 0 aromatic rings. The molecule has 0 aliphatic rings. The minimum atomic E-state index is -0.895. The Hall–Kier alpha value is 0.774. The molecule has 0 fully saturated rings. The molecule has 0 aromatic heterocycles. The summed E-state index contributed by atoms with van der Waals surface area (Å²) in [4.78, 5) is 0. The van der Waals surface area contributed by atoms with E-state index in [1.54, 1.807) is 0 Å². The van der Waals surface area contributed by atoms with Gasteiger partial charge in [0.2, 0.25) is 0 Å². The molecule has 0 radical (unpaired) electrons. The molecule has 11 heavy (non-hydrogen) atoms. The van der Waals surface area contributed by atoms with Crippen LogP contribution >= 0.6 is 0 Å². The average Bonchev–Trinajstić information content (AvgIpc) is 1.79. The molecule has 2 N–H and O–H groups in total. The first kappa shape index (κ1) is 11.8. The molecule has 1 unspecified atom stereocenters. The van der Waals surface area contributed by atoms with E-state index in [1.165, 1.54) is 24.0 Å². The van der Waals surface area contributed by atoms with E-state index in [-0.39, 0.29) is 0 Å². The van der Waals surface area contributed by atoms with Crippen LogP contribution in [0.25, 0.3) is 0 Å². The molecule has 0 aromatic carbocycles. The molecule has 0 aliphatic carbocycles. The van der Waals surface area contributed by atoms with Gasteiger partial charge in [0, 0.05) is 0 Å². The van der Waals surface area contributed by atoms with Gasteiger partial charge in [0.25, 0.3) is 0 Å². The summed E-state index contributed by atoms with van der Waals surface area (Å²) in [7, 11) is -0.895. The van der Waals surface area contributed by atoms with Gasteiger partial charge in [-0.1, -0.05) is 0 Å². The first-order valence-corrected chi connectivity index (χ1v) is 8.42. The van der Waals surface area contributed by atoms with Gasteiger partial charge in [-0.25, -0.2) is 0 Å².